The highest BCUT2D eigenvalue weighted by atomic mass is 16.5. The number of carbonyl (C=O) groups excluding carboxylic acids is 1. The first kappa shape index (κ1) is 12.4. The molecule has 0 radical (unpaired) electrons. The summed E-state index contributed by atoms with van der Waals surface area (Å²) in [4.78, 5) is 15.7. The normalized spacial score (nSPS) is 10.4. The summed E-state index contributed by atoms with van der Waals surface area (Å²) in [6.07, 6.45) is 0. The van der Waals surface area contributed by atoms with Gasteiger partial charge in [0.05, 0.1) is 12.6 Å². The highest BCUT2D eigenvalue weighted by Crippen LogP contribution is 2.32. The number of ether oxygens (including phenoxy) is 2. The molecule has 1 aromatic carbocycles. The van der Waals surface area contributed by atoms with Crippen molar-refractivity contribution in [1.29, 1.82) is 0 Å². The van der Waals surface area contributed by atoms with Crippen LogP contribution in [0.5, 0.6) is 11.5 Å². The van der Waals surface area contributed by atoms with Gasteiger partial charge in [-0.05, 0) is 32.0 Å². The molecule has 0 aliphatic carbocycles. The molecule has 1 heterocycles. The molecule has 0 saturated carbocycles. The van der Waals surface area contributed by atoms with Gasteiger partial charge >= 0.3 is 5.97 Å². The van der Waals surface area contributed by atoms with Crippen molar-refractivity contribution in [3.63, 3.8) is 0 Å². The standard InChI is InChI=1S/C14H15NO3/c1-8-9(2)15-13-6-5-11(17-4)7-12(13)14(8)18-10(3)16/h5-7H,1-4H3. The van der Waals surface area contributed by atoms with E-state index < -0.39 is 0 Å². The van der Waals surface area contributed by atoms with Gasteiger partial charge in [0, 0.05) is 23.6 Å². The third-order valence-electron chi connectivity index (χ3n) is 2.87. The SMILES string of the molecule is COc1ccc2nc(C)c(C)c(OC(C)=O)c2c1. The molecule has 0 N–H and O–H groups in total. The fourth-order valence-corrected chi connectivity index (χ4v) is 1.83. The highest BCUT2D eigenvalue weighted by Gasteiger charge is 2.13. The van der Waals surface area contributed by atoms with Crippen molar-refractivity contribution < 1.29 is 14.3 Å². The largest absolute Gasteiger partial charge is 0.497 e. The summed E-state index contributed by atoms with van der Waals surface area (Å²) < 4.78 is 10.5. The topological polar surface area (TPSA) is 48.4 Å². The minimum Gasteiger partial charge on any atom is -0.497 e. The Hall–Kier alpha value is -2.10. The van der Waals surface area contributed by atoms with Crippen molar-refractivity contribution in [1.82, 2.24) is 4.98 Å². The van der Waals surface area contributed by atoms with Gasteiger partial charge in [-0.25, -0.2) is 0 Å². The van der Waals surface area contributed by atoms with E-state index in [9.17, 15) is 4.79 Å². The van der Waals surface area contributed by atoms with E-state index in [1.54, 1.807) is 7.11 Å². The van der Waals surface area contributed by atoms with Crippen LogP contribution >= 0.6 is 0 Å². The molecule has 0 aliphatic heterocycles. The zero-order valence-corrected chi connectivity index (χ0v) is 10.9. The Bertz CT molecular complexity index is 620. The minimum atomic E-state index is -0.340. The second kappa shape index (κ2) is 4.64. The van der Waals surface area contributed by atoms with Gasteiger partial charge in [0.1, 0.15) is 11.5 Å². The number of methoxy groups -OCH3 is 1. The van der Waals surface area contributed by atoms with Crippen LogP contribution in [-0.2, 0) is 4.79 Å². The molecule has 4 nitrogen and oxygen atoms in total. The molecule has 18 heavy (non-hydrogen) atoms. The number of carbonyl (C=O) groups is 1. The Labute approximate surface area is 106 Å². The van der Waals surface area contributed by atoms with Crippen LogP contribution in [-0.4, -0.2) is 18.1 Å². The van der Waals surface area contributed by atoms with E-state index in [4.69, 9.17) is 9.47 Å². The first-order valence-electron chi connectivity index (χ1n) is 5.66. The number of rotatable bonds is 2. The molecular formula is C14H15NO3. The second-order valence-electron chi connectivity index (χ2n) is 4.13. The summed E-state index contributed by atoms with van der Waals surface area (Å²) in [6.45, 7) is 5.17. The van der Waals surface area contributed by atoms with Gasteiger partial charge in [0.25, 0.3) is 0 Å². The zero-order valence-electron chi connectivity index (χ0n) is 10.9. The van der Waals surface area contributed by atoms with Crippen molar-refractivity contribution >= 4 is 16.9 Å². The predicted molar refractivity (Wildman–Crippen MR) is 69.1 cm³/mol. The number of aromatic nitrogens is 1. The van der Waals surface area contributed by atoms with Crippen LogP contribution in [0.2, 0.25) is 0 Å². The molecule has 2 aromatic rings. The number of pyridine rings is 1. The van der Waals surface area contributed by atoms with Gasteiger partial charge < -0.3 is 9.47 Å². The number of nitrogens with zero attached hydrogens (tertiary/aromatic N) is 1. The smallest absolute Gasteiger partial charge is 0.308 e. The van der Waals surface area contributed by atoms with Crippen LogP contribution in [0, 0.1) is 13.8 Å². The Morgan fingerprint density at radius 2 is 2.00 bits per heavy atom. The molecule has 2 rings (SSSR count). The zero-order chi connectivity index (χ0) is 13.3. The lowest BCUT2D eigenvalue weighted by Crippen LogP contribution is -2.05. The summed E-state index contributed by atoms with van der Waals surface area (Å²) in [7, 11) is 1.60. The van der Waals surface area contributed by atoms with E-state index in [0.29, 0.717) is 11.5 Å². The van der Waals surface area contributed by atoms with Crippen LogP contribution in [0.1, 0.15) is 18.2 Å². The van der Waals surface area contributed by atoms with Gasteiger partial charge in [0.15, 0.2) is 0 Å². The quantitative estimate of drug-likeness (QED) is 0.763. The minimum absolute atomic E-state index is 0.340. The van der Waals surface area contributed by atoms with Crippen LogP contribution < -0.4 is 9.47 Å². The summed E-state index contributed by atoms with van der Waals surface area (Å²) >= 11 is 0. The first-order valence-corrected chi connectivity index (χ1v) is 5.66. The summed E-state index contributed by atoms with van der Waals surface area (Å²) in [6, 6.07) is 5.52. The van der Waals surface area contributed by atoms with E-state index in [2.05, 4.69) is 4.98 Å². The average molecular weight is 245 g/mol. The molecule has 0 amide bonds. The predicted octanol–water partition coefficient (Wildman–Crippen LogP) is 2.79. The van der Waals surface area contributed by atoms with Crippen molar-refractivity contribution in [3.8, 4) is 11.5 Å². The maximum atomic E-state index is 11.2. The molecule has 0 fully saturated rings. The Morgan fingerprint density at radius 1 is 1.28 bits per heavy atom. The van der Waals surface area contributed by atoms with E-state index in [1.165, 1.54) is 6.92 Å². The van der Waals surface area contributed by atoms with E-state index in [-0.39, 0.29) is 5.97 Å². The molecule has 0 aliphatic rings. The summed E-state index contributed by atoms with van der Waals surface area (Å²) in [5.74, 6) is 0.928. The van der Waals surface area contributed by atoms with Crippen molar-refractivity contribution in [2.75, 3.05) is 7.11 Å². The fraction of sp³-hybridized carbons (Fsp3) is 0.286. The number of hydrogen-bond acceptors (Lipinski definition) is 4. The van der Waals surface area contributed by atoms with Gasteiger partial charge in [-0.15, -0.1) is 0 Å². The van der Waals surface area contributed by atoms with E-state index in [0.717, 1.165) is 22.2 Å². The Balaban J connectivity index is 2.75. The van der Waals surface area contributed by atoms with Crippen LogP contribution in [0.15, 0.2) is 18.2 Å². The molecular weight excluding hydrogens is 230 g/mol. The van der Waals surface area contributed by atoms with Gasteiger partial charge in [-0.3, -0.25) is 9.78 Å². The molecule has 0 saturated heterocycles. The monoisotopic (exact) mass is 245 g/mol. The van der Waals surface area contributed by atoms with Crippen LogP contribution in [0.25, 0.3) is 10.9 Å². The lowest BCUT2D eigenvalue weighted by molar-refractivity contribution is -0.131. The van der Waals surface area contributed by atoms with Crippen molar-refractivity contribution in [2.45, 2.75) is 20.8 Å². The molecule has 4 heteroatoms. The summed E-state index contributed by atoms with van der Waals surface area (Å²) in [5.41, 5.74) is 2.50. The number of fused-ring (bicyclic) bond motifs is 1. The van der Waals surface area contributed by atoms with Gasteiger partial charge in [-0.2, -0.15) is 0 Å². The van der Waals surface area contributed by atoms with Gasteiger partial charge in [0.2, 0.25) is 0 Å². The number of aryl methyl sites for hydroxylation is 1. The highest BCUT2D eigenvalue weighted by molar-refractivity contribution is 5.90. The molecule has 1 aromatic heterocycles. The molecule has 0 bridgehead atoms. The van der Waals surface area contributed by atoms with Crippen LogP contribution in [0.3, 0.4) is 0 Å². The second-order valence-corrected chi connectivity index (χ2v) is 4.13. The third-order valence-corrected chi connectivity index (χ3v) is 2.87. The van der Waals surface area contributed by atoms with Crippen molar-refractivity contribution in [2.24, 2.45) is 0 Å². The number of hydrogen-bond donors (Lipinski definition) is 0. The summed E-state index contributed by atoms with van der Waals surface area (Å²) in [5, 5.41) is 0.785. The third kappa shape index (κ3) is 2.14. The van der Waals surface area contributed by atoms with Crippen LogP contribution in [0.4, 0.5) is 0 Å². The lowest BCUT2D eigenvalue weighted by atomic mass is 10.1. The van der Waals surface area contributed by atoms with E-state index in [1.807, 2.05) is 32.0 Å². The molecule has 94 valence electrons. The molecule has 0 unspecified atom stereocenters. The fourth-order valence-electron chi connectivity index (χ4n) is 1.83. The van der Waals surface area contributed by atoms with Crippen molar-refractivity contribution in [3.05, 3.63) is 29.5 Å². The Morgan fingerprint density at radius 3 is 2.61 bits per heavy atom. The maximum Gasteiger partial charge on any atom is 0.308 e. The number of esters is 1. The first-order chi connectivity index (χ1) is 8.52. The van der Waals surface area contributed by atoms with Gasteiger partial charge in [-0.1, -0.05) is 0 Å². The lowest BCUT2D eigenvalue weighted by Gasteiger charge is -2.12. The number of benzene rings is 1. The van der Waals surface area contributed by atoms with E-state index >= 15 is 0 Å². The molecule has 0 atom stereocenters. The maximum absolute atomic E-state index is 11.2. The average Bonchev–Trinajstić information content (AvgIpc) is 2.34. The Kier molecular flexibility index (Phi) is 3.19. The molecule has 0 spiro atoms.